The van der Waals surface area contributed by atoms with Gasteiger partial charge in [0.15, 0.2) is 0 Å². The summed E-state index contributed by atoms with van der Waals surface area (Å²) in [4.78, 5) is 12.8. The highest BCUT2D eigenvalue weighted by Gasteiger charge is 2.33. The zero-order chi connectivity index (χ0) is 23.4. The molecule has 1 heterocycles. The lowest BCUT2D eigenvalue weighted by Crippen LogP contribution is -2.26. The van der Waals surface area contributed by atoms with Crippen LogP contribution in [0.4, 0.5) is 4.39 Å². The molecule has 1 fully saturated rings. The number of fused-ring (bicyclic) bond motifs is 1. The Bertz CT molecular complexity index is 1100. The maximum atomic E-state index is 14.6. The fourth-order valence-corrected chi connectivity index (χ4v) is 4.91. The first-order chi connectivity index (χ1) is 16.0. The van der Waals surface area contributed by atoms with Gasteiger partial charge in [-0.05, 0) is 43.7 Å². The van der Waals surface area contributed by atoms with Crippen LogP contribution in [0.15, 0.2) is 53.9 Å². The van der Waals surface area contributed by atoms with Gasteiger partial charge in [0.1, 0.15) is 29.0 Å². The minimum absolute atomic E-state index is 0.0767. The Hall–Kier alpha value is -3.33. The van der Waals surface area contributed by atoms with Crippen molar-refractivity contribution in [3.63, 3.8) is 0 Å². The Balaban J connectivity index is 1.51. The van der Waals surface area contributed by atoms with Gasteiger partial charge < -0.3 is 15.2 Å². The third kappa shape index (κ3) is 4.88. The number of esters is 1. The number of carbonyl (C=O) groups is 1. The third-order valence-electron chi connectivity index (χ3n) is 6.77. The van der Waals surface area contributed by atoms with Gasteiger partial charge in [-0.25, -0.2) is 4.39 Å². The monoisotopic (exact) mass is 448 g/mol. The molecule has 5 nitrogen and oxygen atoms in total. The number of hydrogen-bond donors (Lipinski definition) is 1. The number of rotatable bonds is 6. The third-order valence-corrected chi connectivity index (χ3v) is 6.77. The number of allylic oxidation sites excluding steroid dienone is 1. The number of benzene rings is 2. The smallest absolute Gasteiger partial charge is 0.314 e. The summed E-state index contributed by atoms with van der Waals surface area (Å²) in [5, 5.41) is 9.63. The summed E-state index contributed by atoms with van der Waals surface area (Å²) < 4.78 is 25.9. The van der Waals surface area contributed by atoms with Crippen molar-refractivity contribution in [2.45, 2.75) is 57.8 Å². The molecule has 2 N–H and O–H groups in total. The lowest BCUT2D eigenvalue weighted by molar-refractivity contribution is -0.140. The molecule has 0 aromatic heterocycles. The Kier molecular flexibility index (Phi) is 6.98. The number of hydrogen-bond acceptors (Lipinski definition) is 5. The molecular formula is C27H29FN2O3. The molecule has 0 bridgehead atoms. The SMILES string of the molecule is CCCCC1CCC(C(=O)Oc2ccc3c(c2)OC(N)=C(C#N)C3c2ccccc2F)CC1. The normalized spacial score (nSPS) is 22.2. The molecule has 1 aliphatic carbocycles. The molecule has 33 heavy (non-hydrogen) atoms. The van der Waals surface area contributed by atoms with Crippen LogP contribution in [0.2, 0.25) is 0 Å². The topological polar surface area (TPSA) is 85.3 Å². The molecule has 2 aliphatic rings. The molecule has 0 saturated heterocycles. The number of nitrogens with zero attached hydrogens (tertiary/aromatic N) is 1. The summed E-state index contributed by atoms with van der Waals surface area (Å²) in [5.41, 5.74) is 7.09. The van der Waals surface area contributed by atoms with Crippen molar-refractivity contribution in [3.05, 3.63) is 70.9 Å². The van der Waals surface area contributed by atoms with Gasteiger partial charge in [0.2, 0.25) is 5.88 Å². The molecule has 6 heteroatoms. The van der Waals surface area contributed by atoms with E-state index in [9.17, 15) is 14.4 Å². The largest absolute Gasteiger partial charge is 0.440 e. The van der Waals surface area contributed by atoms with Crippen molar-refractivity contribution in [1.29, 1.82) is 5.26 Å². The molecule has 172 valence electrons. The second kappa shape index (κ2) is 10.1. The highest BCUT2D eigenvalue weighted by atomic mass is 19.1. The minimum Gasteiger partial charge on any atom is -0.440 e. The molecule has 0 amide bonds. The number of nitriles is 1. The summed E-state index contributed by atoms with van der Waals surface area (Å²) in [5.74, 6) is -0.102. The van der Waals surface area contributed by atoms with Crippen LogP contribution in [0.1, 0.15) is 68.9 Å². The average Bonchev–Trinajstić information content (AvgIpc) is 2.82. The molecule has 0 radical (unpaired) electrons. The molecule has 2 aromatic carbocycles. The van der Waals surface area contributed by atoms with Gasteiger partial charge in [-0.2, -0.15) is 5.26 Å². The predicted octanol–water partition coefficient (Wildman–Crippen LogP) is 5.95. The summed E-state index contributed by atoms with van der Waals surface area (Å²) >= 11 is 0. The first-order valence-electron chi connectivity index (χ1n) is 11.7. The van der Waals surface area contributed by atoms with Crippen molar-refractivity contribution in [1.82, 2.24) is 0 Å². The molecule has 1 saturated carbocycles. The molecule has 2 aromatic rings. The Morgan fingerprint density at radius 1 is 1.18 bits per heavy atom. The molecule has 1 aliphatic heterocycles. The molecule has 0 spiro atoms. The van der Waals surface area contributed by atoms with Gasteiger partial charge in [-0.15, -0.1) is 0 Å². The lowest BCUT2D eigenvalue weighted by Gasteiger charge is -2.28. The number of nitrogens with two attached hydrogens (primary N) is 1. The fraction of sp³-hybridized carbons (Fsp3) is 0.407. The van der Waals surface area contributed by atoms with E-state index in [1.54, 1.807) is 36.4 Å². The van der Waals surface area contributed by atoms with Crippen molar-refractivity contribution in [3.8, 4) is 17.6 Å². The van der Waals surface area contributed by atoms with Crippen LogP contribution in [-0.2, 0) is 4.79 Å². The highest BCUT2D eigenvalue weighted by molar-refractivity contribution is 5.75. The lowest BCUT2D eigenvalue weighted by atomic mass is 9.80. The summed E-state index contributed by atoms with van der Waals surface area (Å²) in [6.07, 6.45) is 7.52. The van der Waals surface area contributed by atoms with Crippen LogP contribution >= 0.6 is 0 Å². The quantitative estimate of drug-likeness (QED) is 0.436. The van der Waals surface area contributed by atoms with E-state index in [2.05, 4.69) is 13.0 Å². The Morgan fingerprint density at radius 3 is 2.64 bits per heavy atom. The summed E-state index contributed by atoms with van der Waals surface area (Å²) in [7, 11) is 0. The first-order valence-corrected chi connectivity index (χ1v) is 11.7. The van der Waals surface area contributed by atoms with Crippen LogP contribution in [0.3, 0.4) is 0 Å². The predicted molar refractivity (Wildman–Crippen MR) is 123 cm³/mol. The number of halogens is 1. The van der Waals surface area contributed by atoms with E-state index in [1.165, 1.54) is 25.3 Å². The Labute approximate surface area is 194 Å². The van der Waals surface area contributed by atoms with E-state index in [1.807, 2.05) is 0 Å². The second-order valence-electron chi connectivity index (χ2n) is 8.93. The van der Waals surface area contributed by atoms with Crippen LogP contribution in [0.25, 0.3) is 0 Å². The van der Waals surface area contributed by atoms with Gasteiger partial charge >= 0.3 is 5.97 Å². The van der Waals surface area contributed by atoms with E-state index >= 15 is 0 Å². The van der Waals surface area contributed by atoms with Gasteiger partial charge in [0, 0.05) is 17.2 Å². The van der Waals surface area contributed by atoms with Gasteiger partial charge in [0.05, 0.1) is 11.8 Å². The maximum absolute atomic E-state index is 14.6. The molecule has 4 rings (SSSR count). The minimum atomic E-state index is -0.692. The van der Waals surface area contributed by atoms with Crippen LogP contribution in [0.5, 0.6) is 11.5 Å². The van der Waals surface area contributed by atoms with Crippen molar-refractivity contribution >= 4 is 5.97 Å². The number of unbranched alkanes of at least 4 members (excludes halogenated alkanes) is 1. The zero-order valence-corrected chi connectivity index (χ0v) is 18.9. The molecule has 1 atom stereocenters. The molecular weight excluding hydrogens is 419 g/mol. The van der Waals surface area contributed by atoms with E-state index in [0.717, 1.165) is 25.7 Å². The van der Waals surface area contributed by atoms with Crippen LogP contribution in [-0.4, -0.2) is 5.97 Å². The van der Waals surface area contributed by atoms with Crippen molar-refractivity contribution in [2.75, 3.05) is 0 Å². The zero-order valence-electron chi connectivity index (χ0n) is 18.9. The fourth-order valence-electron chi connectivity index (χ4n) is 4.91. The first kappa shape index (κ1) is 22.8. The molecule has 1 unspecified atom stereocenters. The highest BCUT2D eigenvalue weighted by Crippen LogP contribution is 2.44. The van der Waals surface area contributed by atoms with E-state index in [4.69, 9.17) is 15.2 Å². The van der Waals surface area contributed by atoms with Gasteiger partial charge in [-0.3, -0.25) is 4.79 Å². The second-order valence-corrected chi connectivity index (χ2v) is 8.93. The average molecular weight is 449 g/mol. The van der Waals surface area contributed by atoms with Crippen molar-refractivity contribution < 1.29 is 18.7 Å². The maximum Gasteiger partial charge on any atom is 0.314 e. The number of ether oxygens (including phenoxy) is 2. The van der Waals surface area contributed by atoms with Crippen LogP contribution in [0, 0.1) is 29.0 Å². The van der Waals surface area contributed by atoms with Gasteiger partial charge in [-0.1, -0.05) is 50.5 Å². The Morgan fingerprint density at radius 2 is 1.94 bits per heavy atom. The standard InChI is InChI=1S/C27H29FN2O3/c1-2-3-6-17-9-11-18(12-10-17)27(31)32-19-13-14-21-24(15-19)33-26(30)22(16-29)25(21)20-7-4-5-8-23(20)28/h4-5,7-8,13-15,17-18,25H,2-3,6,9-12,30H2,1H3. The van der Waals surface area contributed by atoms with E-state index in [-0.39, 0.29) is 23.3 Å². The van der Waals surface area contributed by atoms with Crippen LogP contribution < -0.4 is 15.2 Å². The van der Waals surface area contributed by atoms with E-state index in [0.29, 0.717) is 28.5 Å². The van der Waals surface area contributed by atoms with E-state index < -0.39 is 11.7 Å². The summed E-state index contributed by atoms with van der Waals surface area (Å²) in [6.45, 7) is 2.20. The van der Waals surface area contributed by atoms with Crippen molar-refractivity contribution in [2.24, 2.45) is 17.6 Å². The summed E-state index contributed by atoms with van der Waals surface area (Å²) in [6, 6.07) is 13.3. The van der Waals surface area contributed by atoms with Gasteiger partial charge in [0.25, 0.3) is 0 Å². The number of carbonyl (C=O) groups excluding carboxylic acids is 1.